The predicted molar refractivity (Wildman–Crippen MR) is 35.3 cm³/mol. The van der Waals surface area contributed by atoms with Gasteiger partial charge in [-0.15, -0.1) is 5.11 Å². The molecule has 0 aromatic carbocycles. The molecule has 0 aromatic rings. The minimum atomic E-state index is 0.382. The van der Waals surface area contributed by atoms with Crippen LogP contribution in [0.4, 0.5) is 0 Å². The smallest absolute Gasteiger partial charge is 0.217 e. The van der Waals surface area contributed by atoms with Crippen molar-refractivity contribution in [2.45, 2.75) is 0 Å². The Morgan fingerprint density at radius 3 is 2.25 bits per heavy atom. The van der Waals surface area contributed by atoms with Crippen LogP contribution in [0.25, 0.3) is 0 Å². The lowest BCUT2D eigenvalue weighted by Crippen LogP contribution is -2.16. The lowest BCUT2D eigenvalue weighted by atomic mass is 10.9. The van der Waals surface area contributed by atoms with Gasteiger partial charge in [-0.3, -0.25) is 0 Å². The number of rotatable bonds is 0. The summed E-state index contributed by atoms with van der Waals surface area (Å²) in [6.07, 6.45) is 0. The summed E-state index contributed by atoms with van der Waals surface area (Å²) in [7, 11) is 3.55. The molecule has 0 saturated heterocycles. The third-order valence-electron chi connectivity index (χ3n) is 0.526. The highest BCUT2D eigenvalue weighted by Gasteiger charge is 1.91. The van der Waals surface area contributed by atoms with Gasteiger partial charge < -0.3 is 10.7 Å². The second-order valence-electron chi connectivity index (χ2n) is 1.39. The normalized spacial score (nSPS) is 9.75. The fourth-order valence-corrected chi connectivity index (χ4v) is 0.186. The Morgan fingerprint density at radius 2 is 2.12 bits per heavy atom. The molecule has 5 heteroatoms. The molecule has 0 heterocycles. The van der Waals surface area contributed by atoms with Crippen LogP contribution in [-0.4, -0.2) is 24.1 Å². The quantitative estimate of drug-likeness (QED) is 0.221. The van der Waals surface area contributed by atoms with E-state index < -0.39 is 0 Å². The number of hydrogen-bond acceptors (Lipinski definition) is 2. The summed E-state index contributed by atoms with van der Waals surface area (Å²) in [5.74, 6) is 4.71. The molecule has 0 atom stereocenters. The van der Waals surface area contributed by atoms with Crippen molar-refractivity contribution in [3.8, 4) is 0 Å². The summed E-state index contributed by atoms with van der Waals surface area (Å²) in [4.78, 5) is 1.64. The fourth-order valence-electron chi connectivity index (χ4n) is 0.139. The third kappa shape index (κ3) is 2.46. The molecular weight excluding hydrogens is 124 g/mol. The highest BCUT2D eigenvalue weighted by molar-refractivity contribution is 7.80. The Hall–Kier alpha value is -0.710. The van der Waals surface area contributed by atoms with Gasteiger partial charge >= 0.3 is 0 Å². The van der Waals surface area contributed by atoms with Crippen molar-refractivity contribution in [1.82, 2.24) is 4.90 Å². The van der Waals surface area contributed by atoms with E-state index in [-0.39, 0.29) is 0 Å². The van der Waals surface area contributed by atoms with Crippen molar-refractivity contribution >= 4 is 17.3 Å². The van der Waals surface area contributed by atoms with E-state index in [9.17, 15) is 0 Å². The lowest BCUT2D eigenvalue weighted by Gasteiger charge is -2.05. The average molecular weight is 132 g/mol. The van der Waals surface area contributed by atoms with Crippen molar-refractivity contribution in [2.24, 2.45) is 16.2 Å². The summed E-state index contributed by atoms with van der Waals surface area (Å²) in [5.41, 5.74) is 0. The van der Waals surface area contributed by atoms with Crippen molar-refractivity contribution in [2.75, 3.05) is 14.1 Å². The van der Waals surface area contributed by atoms with Crippen LogP contribution in [0.2, 0.25) is 0 Å². The van der Waals surface area contributed by atoms with E-state index >= 15 is 0 Å². The summed E-state index contributed by atoms with van der Waals surface area (Å²) in [6.45, 7) is 0. The van der Waals surface area contributed by atoms with Crippen LogP contribution in [0.5, 0.6) is 0 Å². The molecule has 2 N–H and O–H groups in total. The topological polar surface area (TPSA) is 54.0 Å². The largest absolute Gasteiger partial charge is 0.352 e. The molecule has 0 spiro atoms. The molecule has 4 nitrogen and oxygen atoms in total. The Bertz CT molecular complexity index is 108. The maximum atomic E-state index is 4.71. The van der Waals surface area contributed by atoms with E-state index in [1.165, 1.54) is 0 Å². The van der Waals surface area contributed by atoms with Gasteiger partial charge in [0.2, 0.25) is 5.11 Å². The first kappa shape index (κ1) is 7.29. The highest BCUT2D eigenvalue weighted by atomic mass is 32.1. The molecule has 0 unspecified atom stereocenters. The highest BCUT2D eigenvalue weighted by Crippen LogP contribution is 1.82. The molecule has 46 valence electrons. The van der Waals surface area contributed by atoms with E-state index in [0.717, 1.165) is 0 Å². The fraction of sp³-hybridized carbons (Fsp3) is 0.667. The third-order valence-corrected chi connectivity index (χ3v) is 0.973. The van der Waals surface area contributed by atoms with Gasteiger partial charge in [-0.25, -0.2) is 0 Å². The number of thiocarbonyl (C=S) groups is 1. The summed E-state index contributed by atoms with van der Waals surface area (Å²) in [6, 6.07) is 0. The zero-order valence-electron chi connectivity index (χ0n) is 4.83. The van der Waals surface area contributed by atoms with E-state index in [1.54, 1.807) is 19.0 Å². The standard InChI is InChI=1S/C3H8N4S/c1-7(2)3(8)5-6-4/h1-2H3,(H2,4,5,8). The maximum absolute atomic E-state index is 4.71. The molecule has 0 aromatic heterocycles. The molecule has 0 bridgehead atoms. The molecule has 0 aliphatic heterocycles. The average Bonchev–Trinajstić information content (AvgIpc) is 1.67. The van der Waals surface area contributed by atoms with Gasteiger partial charge in [0, 0.05) is 14.1 Å². The monoisotopic (exact) mass is 132 g/mol. The van der Waals surface area contributed by atoms with Crippen molar-refractivity contribution < 1.29 is 0 Å². The van der Waals surface area contributed by atoms with E-state index in [4.69, 9.17) is 5.84 Å². The number of nitrogens with zero attached hydrogens (tertiary/aromatic N) is 3. The molecule has 0 saturated carbocycles. The van der Waals surface area contributed by atoms with Gasteiger partial charge in [-0.1, -0.05) is 5.22 Å². The molecule has 0 radical (unpaired) electrons. The number of nitrogens with two attached hydrogens (primary N) is 1. The van der Waals surface area contributed by atoms with Crippen LogP contribution >= 0.6 is 12.2 Å². The first-order chi connectivity index (χ1) is 3.68. The molecule has 0 amide bonds. The van der Waals surface area contributed by atoms with Crippen molar-refractivity contribution in [3.63, 3.8) is 0 Å². The second-order valence-corrected chi connectivity index (χ2v) is 1.76. The van der Waals surface area contributed by atoms with Gasteiger partial charge in [-0.2, -0.15) is 0 Å². The molecule has 8 heavy (non-hydrogen) atoms. The molecular formula is C3H8N4S. The Balaban J connectivity index is 3.66. The van der Waals surface area contributed by atoms with Gasteiger partial charge in [0.25, 0.3) is 0 Å². The van der Waals surface area contributed by atoms with Crippen molar-refractivity contribution in [1.29, 1.82) is 0 Å². The Morgan fingerprint density at radius 1 is 1.62 bits per heavy atom. The van der Waals surface area contributed by atoms with Gasteiger partial charge in [0.15, 0.2) is 0 Å². The van der Waals surface area contributed by atoms with Gasteiger partial charge in [0.1, 0.15) is 0 Å². The Labute approximate surface area is 53.3 Å². The first-order valence-corrected chi connectivity index (χ1v) is 2.41. The molecule has 0 aliphatic carbocycles. The maximum Gasteiger partial charge on any atom is 0.217 e. The molecule has 0 aliphatic rings. The van der Waals surface area contributed by atoms with Crippen LogP contribution in [0.15, 0.2) is 10.3 Å². The van der Waals surface area contributed by atoms with Crippen LogP contribution in [0, 0.1) is 0 Å². The van der Waals surface area contributed by atoms with Crippen LogP contribution in [0.3, 0.4) is 0 Å². The first-order valence-electron chi connectivity index (χ1n) is 2.00. The van der Waals surface area contributed by atoms with E-state index in [1.807, 2.05) is 0 Å². The van der Waals surface area contributed by atoms with Gasteiger partial charge in [-0.05, 0) is 12.2 Å². The second kappa shape index (κ2) is 3.31. The lowest BCUT2D eigenvalue weighted by molar-refractivity contribution is 0.623. The molecule has 0 rings (SSSR count). The SMILES string of the molecule is CN(C)C(=S)N=NN. The van der Waals surface area contributed by atoms with E-state index in [2.05, 4.69) is 22.6 Å². The minimum absolute atomic E-state index is 0.382. The number of hydrogen-bond donors (Lipinski definition) is 1. The van der Waals surface area contributed by atoms with Crippen molar-refractivity contribution in [3.05, 3.63) is 0 Å². The van der Waals surface area contributed by atoms with Crippen LogP contribution in [-0.2, 0) is 0 Å². The Kier molecular flexibility index (Phi) is 3.02. The summed E-state index contributed by atoms with van der Waals surface area (Å²) >= 11 is 4.66. The zero-order chi connectivity index (χ0) is 6.57. The van der Waals surface area contributed by atoms with Crippen LogP contribution < -0.4 is 5.84 Å². The van der Waals surface area contributed by atoms with E-state index in [0.29, 0.717) is 5.11 Å². The molecule has 0 fully saturated rings. The predicted octanol–water partition coefficient (Wildman–Crippen LogP) is 0.159. The summed E-state index contributed by atoms with van der Waals surface area (Å²) < 4.78 is 0. The van der Waals surface area contributed by atoms with Gasteiger partial charge in [0.05, 0.1) is 0 Å². The summed E-state index contributed by atoms with van der Waals surface area (Å²) in [5, 5.41) is 6.77. The zero-order valence-corrected chi connectivity index (χ0v) is 5.64. The van der Waals surface area contributed by atoms with Crippen LogP contribution in [0.1, 0.15) is 0 Å². The minimum Gasteiger partial charge on any atom is -0.352 e.